The van der Waals surface area contributed by atoms with Crippen LogP contribution in [-0.2, 0) is 21.1 Å². The summed E-state index contributed by atoms with van der Waals surface area (Å²) in [7, 11) is -3.19. The van der Waals surface area contributed by atoms with Gasteiger partial charge in [0.15, 0.2) is 15.0 Å². The SMILES string of the molecule is Cc1ccc(CC(=O)N=C2S[C@@H]3CS(=O)(=O)C[C@@H]3N2c2ccc(Cl)c(F)c2)cc1. The van der Waals surface area contributed by atoms with Crippen LogP contribution >= 0.6 is 23.4 Å². The molecule has 2 aromatic carbocycles. The van der Waals surface area contributed by atoms with Crippen LogP contribution in [0.1, 0.15) is 11.1 Å². The Balaban J connectivity index is 1.65. The van der Waals surface area contributed by atoms with Gasteiger partial charge in [0.1, 0.15) is 5.82 Å². The molecule has 29 heavy (non-hydrogen) atoms. The van der Waals surface area contributed by atoms with Gasteiger partial charge in [0, 0.05) is 10.9 Å². The molecule has 9 heteroatoms. The maximum atomic E-state index is 14.0. The van der Waals surface area contributed by atoms with E-state index in [0.29, 0.717) is 10.9 Å². The molecule has 2 aromatic rings. The molecule has 2 heterocycles. The van der Waals surface area contributed by atoms with Crippen molar-refractivity contribution in [3.05, 3.63) is 64.4 Å². The highest BCUT2D eigenvalue weighted by Crippen LogP contribution is 2.41. The summed E-state index contributed by atoms with van der Waals surface area (Å²) < 4.78 is 38.2. The molecule has 152 valence electrons. The van der Waals surface area contributed by atoms with Crippen LogP contribution in [0.2, 0.25) is 5.02 Å². The quantitative estimate of drug-likeness (QED) is 0.711. The lowest BCUT2D eigenvalue weighted by molar-refractivity contribution is -0.117. The molecular weight excluding hydrogens is 435 g/mol. The molecule has 0 spiro atoms. The number of halogens is 2. The Bertz CT molecular complexity index is 1100. The maximum Gasteiger partial charge on any atom is 0.252 e. The van der Waals surface area contributed by atoms with Gasteiger partial charge in [-0.2, -0.15) is 4.99 Å². The topological polar surface area (TPSA) is 66.8 Å². The van der Waals surface area contributed by atoms with E-state index in [1.165, 1.54) is 23.9 Å². The van der Waals surface area contributed by atoms with Gasteiger partial charge in [0.2, 0.25) is 0 Å². The Morgan fingerprint density at radius 1 is 1.24 bits per heavy atom. The van der Waals surface area contributed by atoms with E-state index in [9.17, 15) is 17.6 Å². The van der Waals surface area contributed by atoms with Crippen molar-refractivity contribution in [3.63, 3.8) is 0 Å². The molecule has 5 nitrogen and oxygen atoms in total. The molecule has 2 saturated heterocycles. The summed E-state index contributed by atoms with van der Waals surface area (Å²) in [5.41, 5.74) is 2.38. The summed E-state index contributed by atoms with van der Waals surface area (Å²) in [6, 6.07) is 11.5. The molecule has 0 bridgehead atoms. The first-order valence-electron chi connectivity index (χ1n) is 9.00. The van der Waals surface area contributed by atoms with E-state index in [2.05, 4.69) is 4.99 Å². The van der Waals surface area contributed by atoms with Crippen molar-refractivity contribution >= 4 is 50.0 Å². The highest BCUT2D eigenvalue weighted by molar-refractivity contribution is 8.16. The number of amides is 1. The normalized spacial score (nSPS) is 24.1. The van der Waals surface area contributed by atoms with Crippen molar-refractivity contribution in [3.8, 4) is 0 Å². The molecule has 2 aliphatic rings. The molecule has 2 atom stereocenters. The second kappa shape index (κ2) is 7.74. The number of nitrogens with zero attached hydrogens (tertiary/aromatic N) is 2. The first kappa shape index (κ1) is 20.4. The fraction of sp³-hybridized carbons (Fsp3) is 0.300. The molecule has 0 aromatic heterocycles. The molecule has 0 unspecified atom stereocenters. The summed E-state index contributed by atoms with van der Waals surface area (Å²) >= 11 is 7.05. The maximum absolute atomic E-state index is 14.0. The van der Waals surface area contributed by atoms with Crippen molar-refractivity contribution < 1.29 is 17.6 Å². The number of hydrogen-bond acceptors (Lipinski definition) is 4. The van der Waals surface area contributed by atoms with Gasteiger partial charge in [0.05, 0.1) is 29.0 Å². The zero-order valence-corrected chi connectivity index (χ0v) is 17.9. The summed E-state index contributed by atoms with van der Waals surface area (Å²) in [6.45, 7) is 1.97. The summed E-state index contributed by atoms with van der Waals surface area (Å²) in [5, 5.41) is 0.128. The number of benzene rings is 2. The molecule has 0 aliphatic carbocycles. The first-order valence-corrected chi connectivity index (χ1v) is 12.1. The predicted molar refractivity (Wildman–Crippen MR) is 115 cm³/mol. The third-order valence-corrected chi connectivity index (χ3v) is 8.46. The lowest BCUT2D eigenvalue weighted by Gasteiger charge is -2.24. The highest BCUT2D eigenvalue weighted by atomic mass is 35.5. The van der Waals surface area contributed by atoms with E-state index in [-0.39, 0.29) is 34.1 Å². The number of fused-ring (bicyclic) bond motifs is 1. The molecular formula is C20H18ClFN2O3S2. The number of aliphatic imine (C=N–C) groups is 1. The summed E-state index contributed by atoms with van der Waals surface area (Å²) in [4.78, 5) is 18.5. The minimum Gasteiger partial charge on any atom is -0.315 e. The van der Waals surface area contributed by atoms with Crippen molar-refractivity contribution in [2.75, 3.05) is 16.4 Å². The molecule has 2 fully saturated rings. The van der Waals surface area contributed by atoms with Crippen molar-refractivity contribution in [1.29, 1.82) is 0 Å². The number of hydrogen-bond donors (Lipinski definition) is 0. The third kappa shape index (κ3) is 4.34. The van der Waals surface area contributed by atoms with E-state index in [1.54, 1.807) is 11.0 Å². The monoisotopic (exact) mass is 452 g/mol. The van der Waals surface area contributed by atoms with Crippen LogP contribution < -0.4 is 4.90 Å². The summed E-state index contributed by atoms with van der Waals surface area (Å²) in [6.07, 6.45) is 0.140. The lowest BCUT2D eigenvalue weighted by Crippen LogP contribution is -2.37. The van der Waals surface area contributed by atoms with Gasteiger partial charge in [-0.05, 0) is 30.7 Å². The van der Waals surface area contributed by atoms with Crippen LogP contribution in [0, 0.1) is 12.7 Å². The summed E-state index contributed by atoms with van der Waals surface area (Å²) in [5.74, 6) is -0.984. The van der Waals surface area contributed by atoms with Gasteiger partial charge < -0.3 is 4.90 Å². The number of aryl methyl sites for hydroxylation is 1. The lowest BCUT2D eigenvalue weighted by atomic mass is 10.1. The Hall–Kier alpha value is -1.90. The average Bonchev–Trinajstić information content (AvgIpc) is 3.10. The second-order valence-electron chi connectivity index (χ2n) is 7.22. The number of sulfone groups is 1. The Morgan fingerprint density at radius 2 is 1.97 bits per heavy atom. The molecule has 1 amide bonds. The van der Waals surface area contributed by atoms with E-state index in [4.69, 9.17) is 11.6 Å². The van der Waals surface area contributed by atoms with Crippen molar-refractivity contribution in [2.45, 2.75) is 24.6 Å². The average molecular weight is 453 g/mol. The predicted octanol–water partition coefficient (Wildman–Crippen LogP) is 3.63. The zero-order valence-electron chi connectivity index (χ0n) is 15.5. The Labute approximate surface area is 177 Å². The number of anilines is 1. The molecule has 0 radical (unpaired) electrons. The van der Waals surface area contributed by atoms with Gasteiger partial charge in [-0.25, -0.2) is 12.8 Å². The standard InChI is InChI=1S/C20H18ClFN2O3S2/c1-12-2-4-13(5-3-12)8-19(25)23-20-24(14-6-7-15(21)16(22)9-14)17-10-29(26,27)11-18(17)28-20/h2-7,9,17-18H,8,10-11H2,1H3/t17-,18+/m0/s1. The fourth-order valence-corrected chi connectivity index (χ4v) is 7.58. The van der Waals surface area contributed by atoms with Crippen molar-refractivity contribution in [2.24, 2.45) is 4.99 Å². The number of thioether (sulfide) groups is 1. The number of carbonyl (C=O) groups excluding carboxylic acids is 1. The minimum atomic E-state index is -3.19. The number of amidine groups is 1. The Kier molecular flexibility index (Phi) is 5.44. The van der Waals surface area contributed by atoms with Gasteiger partial charge in [-0.1, -0.05) is 53.2 Å². The van der Waals surface area contributed by atoms with Gasteiger partial charge in [-0.3, -0.25) is 4.79 Å². The van der Waals surface area contributed by atoms with Crippen LogP contribution in [0.3, 0.4) is 0 Å². The Morgan fingerprint density at radius 3 is 2.66 bits per heavy atom. The van der Waals surface area contributed by atoms with Gasteiger partial charge in [-0.15, -0.1) is 0 Å². The molecule has 0 saturated carbocycles. The van der Waals surface area contributed by atoms with Crippen LogP contribution in [0.25, 0.3) is 0 Å². The first-order chi connectivity index (χ1) is 13.7. The minimum absolute atomic E-state index is 0.0140. The van der Waals surface area contributed by atoms with Gasteiger partial charge >= 0.3 is 0 Å². The van der Waals surface area contributed by atoms with Gasteiger partial charge in [0.25, 0.3) is 5.91 Å². The van der Waals surface area contributed by atoms with Crippen LogP contribution in [0.4, 0.5) is 10.1 Å². The van der Waals surface area contributed by atoms with E-state index < -0.39 is 21.7 Å². The second-order valence-corrected chi connectivity index (χ2v) is 11.0. The number of carbonyl (C=O) groups is 1. The number of rotatable bonds is 3. The van der Waals surface area contributed by atoms with E-state index in [0.717, 1.165) is 11.1 Å². The van der Waals surface area contributed by atoms with Crippen LogP contribution in [0.5, 0.6) is 0 Å². The third-order valence-electron chi connectivity index (χ3n) is 4.94. The van der Waals surface area contributed by atoms with Crippen LogP contribution in [0.15, 0.2) is 47.5 Å². The fourth-order valence-electron chi connectivity index (χ4n) is 3.53. The van der Waals surface area contributed by atoms with Crippen LogP contribution in [-0.4, -0.2) is 42.3 Å². The van der Waals surface area contributed by atoms with E-state index in [1.807, 2.05) is 31.2 Å². The molecule has 2 aliphatic heterocycles. The zero-order chi connectivity index (χ0) is 20.8. The van der Waals surface area contributed by atoms with Crippen molar-refractivity contribution in [1.82, 2.24) is 0 Å². The smallest absolute Gasteiger partial charge is 0.252 e. The molecule has 0 N–H and O–H groups in total. The largest absolute Gasteiger partial charge is 0.315 e. The van der Waals surface area contributed by atoms with E-state index >= 15 is 0 Å². The molecule has 4 rings (SSSR count). The highest BCUT2D eigenvalue weighted by Gasteiger charge is 2.49.